The maximum Gasteiger partial charge on any atom is 0.326 e. The fraction of sp³-hybridized carbons (Fsp3) is 0.706. The van der Waals surface area contributed by atoms with Gasteiger partial charge in [0.2, 0.25) is 23.6 Å². The Hall–Kier alpha value is -2.42. The first-order valence-corrected chi connectivity index (χ1v) is 10.3. The number of rotatable bonds is 16. The van der Waals surface area contributed by atoms with Gasteiger partial charge < -0.3 is 43.4 Å². The highest BCUT2D eigenvalue weighted by Crippen LogP contribution is 2.05. The number of unbranched alkanes of at least 4 members (excludes halogenated alkanes) is 1. The van der Waals surface area contributed by atoms with Crippen molar-refractivity contribution in [2.45, 2.75) is 56.3 Å². The van der Waals surface area contributed by atoms with Crippen LogP contribution >= 0.6 is 12.6 Å². The normalized spacial score (nSPS) is 14.6. The number of aliphatic carboxylic acids is 1. The first-order valence-electron chi connectivity index (χ1n) is 9.66. The van der Waals surface area contributed by atoms with Crippen LogP contribution in [0.3, 0.4) is 0 Å². The molecular weight excluding hydrogens is 432 g/mol. The van der Waals surface area contributed by atoms with E-state index in [-0.39, 0.29) is 25.0 Å². The number of nitrogens with one attached hydrogen (secondary N) is 3. The molecule has 178 valence electrons. The Bertz CT molecular complexity index is 636. The van der Waals surface area contributed by atoms with Crippen LogP contribution in [-0.2, 0) is 24.0 Å². The molecule has 0 aromatic carbocycles. The van der Waals surface area contributed by atoms with Crippen molar-refractivity contribution < 1.29 is 34.2 Å². The summed E-state index contributed by atoms with van der Waals surface area (Å²) in [6.45, 7) is -0.417. The number of hydrogen-bond donors (Lipinski definition) is 9. The summed E-state index contributed by atoms with van der Waals surface area (Å²) in [6, 6.07) is -4.95. The van der Waals surface area contributed by atoms with Crippen molar-refractivity contribution in [2.75, 3.05) is 18.9 Å². The number of thiol groups is 1. The summed E-state index contributed by atoms with van der Waals surface area (Å²) < 4.78 is 0. The van der Waals surface area contributed by atoms with Gasteiger partial charge in [-0.2, -0.15) is 12.6 Å². The summed E-state index contributed by atoms with van der Waals surface area (Å²) >= 11 is 3.88. The molecule has 0 rings (SSSR count). The van der Waals surface area contributed by atoms with Gasteiger partial charge in [0.1, 0.15) is 18.1 Å². The van der Waals surface area contributed by atoms with Crippen molar-refractivity contribution in [3.63, 3.8) is 0 Å². The molecule has 0 aliphatic rings. The Kier molecular flexibility index (Phi) is 14.2. The standard InChI is InChI=1S/C17H32N6O7S/c18-6-2-1-3-10(15(27)22-11(17(29)30)4-5-13(20)25)21-16(28)12(7-24)23-14(26)9(19)8-31/h9-12,24,31H,1-8,18-19H2,(H2,20,25)(H,21,28)(H,22,27)(H,23,26)(H,29,30). The maximum atomic E-state index is 12.6. The molecular formula is C17H32N6O7S. The van der Waals surface area contributed by atoms with Crippen LogP contribution < -0.4 is 33.2 Å². The molecule has 0 saturated carbocycles. The van der Waals surface area contributed by atoms with Crippen LogP contribution in [0.5, 0.6) is 0 Å². The molecule has 0 aromatic rings. The van der Waals surface area contributed by atoms with Crippen LogP contribution in [-0.4, -0.2) is 82.9 Å². The molecule has 11 N–H and O–H groups in total. The van der Waals surface area contributed by atoms with E-state index < -0.39 is 60.4 Å². The molecule has 0 radical (unpaired) electrons. The van der Waals surface area contributed by atoms with Crippen molar-refractivity contribution in [3.8, 4) is 0 Å². The van der Waals surface area contributed by atoms with Crippen molar-refractivity contribution in [3.05, 3.63) is 0 Å². The molecule has 31 heavy (non-hydrogen) atoms. The van der Waals surface area contributed by atoms with Gasteiger partial charge in [0.15, 0.2) is 0 Å². The molecule has 0 fully saturated rings. The zero-order valence-electron chi connectivity index (χ0n) is 17.1. The van der Waals surface area contributed by atoms with Crippen molar-refractivity contribution in [1.29, 1.82) is 0 Å². The van der Waals surface area contributed by atoms with Gasteiger partial charge in [-0.15, -0.1) is 0 Å². The topological polar surface area (TPSA) is 240 Å². The van der Waals surface area contributed by atoms with E-state index in [1.807, 2.05) is 0 Å². The van der Waals surface area contributed by atoms with Crippen molar-refractivity contribution >= 4 is 42.2 Å². The zero-order valence-corrected chi connectivity index (χ0v) is 18.0. The second-order valence-electron chi connectivity index (χ2n) is 6.78. The molecule has 0 aliphatic heterocycles. The van der Waals surface area contributed by atoms with E-state index in [1.54, 1.807) is 0 Å². The second-order valence-corrected chi connectivity index (χ2v) is 7.15. The third kappa shape index (κ3) is 11.5. The molecule has 0 aliphatic carbocycles. The maximum absolute atomic E-state index is 12.6. The largest absolute Gasteiger partial charge is 0.480 e. The molecule has 14 heteroatoms. The van der Waals surface area contributed by atoms with Gasteiger partial charge in [-0.05, 0) is 32.2 Å². The molecule has 4 atom stereocenters. The van der Waals surface area contributed by atoms with Crippen LogP contribution in [0, 0.1) is 0 Å². The molecule has 0 saturated heterocycles. The van der Waals surface area contributed by atoms with E-state index in [4.69, 9.17) is 17.2 Å². The van der Waals surface area contributed by atoms with Crippen molar-refractivity contribution in [2.24, 2.45) is 17.2 Å². The molecule has 13 nitrogen and oxygen atoms in total. The Labute approximate surface area is 185 Å². The second kappa shape index (κ2) is 15.4. The number of carboxylic acids is 1. The van der Waals surface area contributed by atoms with Gasteiger partial charge in [0.05, 0.1) is 12.6 Å². The van der Waals surface area contributed by atoms with E-state index in [1.165, 1.54) is 0 Å². The summed E-state index contributed by atoms with van der Waals surface area (Å²) in [4.78, 5) is 59.2. The SMILES string of the molecule is NCCCCC(NC(=O)C(CO)NC(=O)C(N)CS)C(=O)NC(CCC(N)=O)C(=O)O. The molecule has 0 aromatic heterocycles. The summed E-state index contributed by atoms with van der Waals surface area (Å²) in [5.74, 6) is -4.48. The Morgan fingerprint density at radius 1 is 0.871 bits per heavy atom. The monoisotopic (exact) mass is 464 g/mol. The van der Waals surface area contributed by atoms with Crippen LogP contribution in [0.25, 0.3) is 0 Å². The lowest BCUT2D eigenvalue weighted by Gasteiger charge is -2.24. The van der Waals surface area contributed by atoms with Gasteiger partial charge in [-0.1, -0.05) is 0 Å². The van der Waals surface area contributed by atoms with E-state index >= 15 is 0 Å². The minimum atomic E-state index is -1.39. The summed E-state index contributed by atoms with van der Waals surface area (Å²) in [7, 11) is 0. The van der Waals surface area contributed by atoms with Crippen LogP contribution in [0.2, 0.25) is 0 Å². The lowest BCUT2D eigenvalue weighted by atomic mass is 10.1. The van der Waals surface area contributed by atoms with Gasteiger partial charge in [-0.25, -0.2) is 4.79 Å². The highest BCUT2D eigenvalue weighted by Gasteiger charge is 2.29. The molecule has 4 unspecified atom stereocenters. The zero-order chi connectivity index (χ0) is 24.0. The Morgan fingerprint density at radius 3 is 1.90 bits per heavy atom. The fourth-order valence-corrected chi connectivity index (χ4v) is 2.57. The Balaban J connectivity index is 5.26. The number of carboxylic acid groups (broad SMARTS) is 1. The minimum Gasteiger partial charge on any atom is -0.480 e. The van der Waals surface area contributed by atoms with Gasteiger partial charge in [-0.3, -0.25) is 19.2 Å². The minimum absolute atomic E-state index is 0.0115. The lowest BCUT2D eigenvalue weighted by molar-refractivity contribution is -0.142. The number of amides is 4. The van der Waals surface area contributed by atoms with Gasteiger partial charge in [0, 0.05) is 12.2 Å². The third-order valence-corrected chi connectivity index (χ3v) is 4.62. The quantitative estimate of drug-likeness (QED) is 0.0801. The van der Waals surface area contributed by atoms with Crippen LogP contribution in [0.4, 0.5) is 0 Å². The van der Waals surface area contributed by atoms with E-state index in [9.17, 15) is 34.2 Å². The average molecular weight is 465 g/mol. The molecule has 0 bridgehead atoms. The first kappa shape index (κ1) is 28.6. The number of carbonyl (C=O) groups is 5. The highest BCUT2D eigenvalue weighted by atomic mass is 32.1. The third-order valence-electron chi connectivity index (χ3n) is 4.22. The lowest BCUT2D eigenvalue weighted by Crippen LogP contribution is -2.58. The predicted octanol–water partition coefficient (Wildman–Crippen LogP) is -3.83. The first-order chi connectivity index (χ1) is 14.6. The average Bonchev–Trinajstić information content (AvgIpc) is 2.72. The number of carbonyl (C=O) groups excluding carboxylic acids is 4. The van der Waals surface area contributed by atoms with Crippen LogP contribution in [0.15, 0.2) is 0 Å². The summed E-state index contributed by atoms with van der Waals surface area (Å²) in [5.41, 5.74) is 16.0. The number of hydrogen-bond acceptors (Lipinski definition) is 9. The fourth-order valence-electron chi connectivity index (χ4n) is 2.41. The Morgan fingerprint density at radius 2 is 1.42 bits per heavy atom. The smallest absolute Gasteiger partial charge is 0.326 e. The van der Waals surface area contributed by atoms with E-state index in [2.05, 4.69) is 28.6 Å². The predicted molar refractivity (Wildman–Crippen MR) is 114 cm³/mol. The highest BCUT2D eigenvalue weighted by molar-refractivity contribution is 7.80. The summed E-state index contributed by atoms with van der Waals surface area (Å²) in [6.07, 6.45) is 0.622. The van der Waals surface area contributed by atoms with E-state index in [0.29, 0.717) is 19.4 Å². The van der Waals surface area contributed by atoms with E-state index in [0.717, 1.165) is 0 Å². The number of aliphatic hydroxyl groups is 1. The number of primary amides is 1. The van der Waals surface area contributed by atoms with Crippen molar-refractivity contribution in [1.82, 2.24) is 16.0 Å². The summed E-state index contributed by atoms with van der Waals surface area (Å²) in [5, 5.41) is 25.6. The van der Waals surface area contributed by atoms with Gasteiger partial charge >= 0.3 is 5.97 Å². The van der Waals surface area contributed by atoms with Crippen LogP contribution in [0.1, 0.15) is 32.1 Å². The number of nitrogens with two attached hydrogens (primary N) is 3. The van der Waals surface area contributed by atoms with Gasteiger partial charge in [0.25, 0.3) is 0 Å². The molecule has 4 amide bonds. The molecule has 0 heterocycles. The number of aliphatic hydroxyl groups excluding tert-OH is 1. The molecule has 0 spiro atoms.